The Morgan fingerprint density at radius 3 is 2.86 bits per heavy atom. The van der Waals surface area contributed by atoms with Gasteiger partial charge in [0.1, 0.15) is 5.69 Å². The highest BCUT2D eigenvalue weighted by Gasteiger charge is 2.11. The Kier molecular flexibility index (Phi) is 2.65. The molecule has 0 saturated carbocycles. The third-order valence-electron chi connectivity index (χ3n) is 1.91. The van der Waals surface area contributed by atoms with Gasteiger partial charge in [-0.25, -0.2) is 4.98 Å². The number of aromatic nitrogens is 1. The van der Waals surface area contributed by atoms with Crippen LogP contribution in [0.5, 0.6) is 0 Å². The molecule has 0 bridgehead atoms. The Hall–Kier alpha value is -1.13. The average molecular weight is 254 g/mol. The van der Waals surface area contributed by atoms with Crippen LogP contribution in [0.2, 0.25) is 0 Å². The fraction of sp³-hybridized carbons (Fsp3) is 0.100. The second kappa shape index (κ2) is 3.94. The lowest BCUT2D eigenvalue weighted by molar-refractivity contribution is 0.277. The molecule has 14 heavy (non-hydrogen) atoms. The minimum atomic E-state index is -0.118. The summed E-state index contributed by atoms with van der Waals surface area (Å²) in [5.74, 6) is 0.611. The summed E-state index contributed by atoms with van der Waals surface area (Å²) in [6.07, 6.45) is 1.33. The number of hydrogen-bond donors (Lipinski definition) is 1. The first kappa shape index (κ1) is 9.43. The zero-order valence-corrected chi connectivity index (χ0v) is 8.86. The lowest BCUT2D eigenvalue weighted by atomic mass is 10.1. The lowest BCUT2D eigenvalue weighted by Crippen LogP contribution is -1.87. The molecule has 0 aliphatic rings. The van der Waals surface area contributed by atoms with Crippen molar-refractivity contribution in [2.75, 3.05) is 0 Å². The van der Waals surface area contributed by atoms with Crippen LogP contribution in [0.25, 0.3) is 11.3 Å². The van der Waals surface area contributed by atoms with Crippen LogP contribution in [0.4, 0.5) is 0 Å². The zero-order valence-electron chi connectivity index (χ0n) is 7.27. The van der Waals surface area contributed by atoms with Gasteiger partial charge in [0.25, 0.3) is 0 Å². The first-order valence-electron chi connectivity index (χ1n) is 4.11. The van der Waals surface area contributed by atoms with Gasteiger partial charge in [0, 0.05) is 10.0 Å². The fourth-order valence-electron chi connectivity index (χ4n) is 1.25. The number of rotatable bonds is 2. The quantitative estimate of drug-likeness (QED) is 0.895. The molecular weight excluding hydrogens is 246 g/mol. The van der Waals surface area contributed by atoms with Gasteiger partial charge in [0.15, 0.2) is 12.2 Å². The Bertz CT molecular complexity index is 439. The number of aliphatic hydroxyl groups is 1. The van der Waals surface area contributed by atoms with Crippen LogP contribution in [-0.4, -0.2) is 10.1 Å². The maximum atomic E-state index is 9.02. The van der Waals surface area contributed by atoms with E-state index in [0.717, 1.165) is 10.0 Å². The van der Waals surface area contributed by atoms with Crippen molar-refractivity contribution in [3.63, 3.8) is 0 Å². The molecule has 1 heterocycles. The molecule has 3 nitrogen and oxygen atoms in total. The van der Waals surface area contributed by atoms with Crippen LogP contribution in [0.1, 0.15) is 5.69 Å². The third kappa shape index (κ3) is 1.58. The summed E-state index contributed by atoms with van der Waals surface area (Å²) in [6.45, 7) is -0.118. The molecule has 0 amide bonds. The Balaban J connectivity index is 2.54. The molecule has 72 valence electrons. The molecule has 0 fully saturated rings. The second-order valence-electron chi connectivity index (χ2n) is 2.77. The molecule has 2 aromatic rings. The third-order valence-corrected chi connectivity index (χ3v) is 2.60. The van der Waals surface area contributed by atoms with Crippen molar-refractivity contribution in [3.05, 3.63) is 40.8 Å². The van der Waals surface area contributed by atoms with Crippen molar-refractivity contribution < 1.29 is 9.52 Å². The Labute approximate surface area is 89.5 Å². The molecule has 0 radical (unpaired) electrons. The number of hydrogen-bond acceptors (Lipinski definition) is 3. The summed E-state index contributed by atoms with van der Waals surface area (Å²) in [4.78, 5) is 3.91. The molecule has 1 N–H and O–H groups in total. The van der Waals surface area contributed by atoms with E-state index in [2.05, 4.69) is 20.9 Å². The molecule has 0 spiro atoms. The SMILES string of the molecule is OCc1ncoc1-c1ccccc1Br. The van der Waals surface area contributed by atoms with Crippen molar-refractivity contribution in [1.82, 2.24) is 4.98 Å². The number of halogens is 1. The van der Waals surface area contributed by atoms with E-state index in [1.807, 2.05) is 24.3 Å². The summed E-state index contributed by atoms with van der Waals surface area (Å²) >= 11 is 3.41. The van der Waals surface area contributed by atoms with Gasteiger partial charge in [0.05, 0.1) is 6.61 Å². The van der Waals surface area contributed by atoms with E-state index in [-0.39, 0.29) is 6.61 Å². The molecule has 0 atom stereocenters. The molecule has 0 aliphatic carbocycles. The van der Waals surface area contributed by atoms with Crippen molar-refractivity contribution >= 4 is 15.9 Å². The van der Waals surface area contributed by atoms with E-state index < -0.39 is 0 Å². The van der Waals surface area contributed by atoms with E-state index in [1.54, 1.807) is 0 Å². The number of benzene rings is 1. The van der Waals surface area contributed by atoms with E-state index in [1.165, 1.54) is 6.39 Å². The van der Waals surface area contributed by atoms with Crippen LogP contribution >= 0.6 is 15.9 Å². The molecule has 1 aromatic carbocycles. The van der Waals surface area contributed by atoms with E-state index in [0.29, 0.717) is 11.5 Å². The highest BCUT2D eigenvalue weighted by molar-refractivity contribution is 9.10. The summed E-state index contributed by atoms with van der Waals surface area (Å²) < 4.78 is 6.14. The normalized spacial score (nSPS) is 10.4. The lowest BCUT2D eigenvalue weighted by Gasteiger charge is -2.00. The van der Waals surface area contributed by atoms with Crippen molar-refractivity contribution in [3.8, 4) is 11.3 Å². The molecule has 0 unspecified atom stereocenters. The summed E-state index contributed by atoms with van der Waals surface area (Å²) in [7, 11) is 0. The number of nitrogens with zero attached hydrogens (tertiary/aromatic N) is 1. The van der Waals surface area contributed by atoms with Crippen molar-refractivity contribution in [1.29, 1.82) is 0 Å². The highest BCUT2D eigenvalue weighted by Crippen LogP contribution is 2.29. The molecule has 4 heteroatoms. The highest BCUT2D eigenvalue weighted by atomic mass is 79.9. The summed E-state index contributed by atoms with van der Waals surface area (Å²) in [6, 6.07) is 7.65. The molecular formula is C10H8BrNO2. The van der Waals surface area contributed by atoms with Crippen molar-refractivity contribution in [2.24, 2.45) is 0 Å². The maximum absolute atomic E-state index is 9.02. The first-order chi connectivity index (χ1) is 6.83. The molecule has 0 saturated heterocycles. The Morgan fingerprint density at radius 1 is 1.36 bits per heavy atom. The van der Waals surface area contributed by atoms with Crippen LogP contribution in [0.15, 0.2) is 39.5 Å². The minimum absolute atomic E-state index is 0.118. The van der Waals surface area contributed by atoms with Gasteiger partial charge in [-0.3, -0.25) is 0 Å². The van der Waals surface area contributed by atoms with Gasteiger partial charge in [-0.1, -0.05) is 34.1 Å². The van der Waals surface area contributed by atoms with E-state index in [9.17, 15) is 0 Å². The van der Waals surface area contributed by atoms with Gasteiger partial charge in [0.2, 0.25) is 0 Å². The smallest absolute Gasteiger partial charge is 0.181 e. The van der Waals surface area contributed by atoms with Crippen LogP contribution in [0, 0.1) is 0 Å². The van der Waals surface area contributed by atoms with E-state index >= 15 is 0 Å². The van der Waals surface area contributed by atoms with Crippen LogP contribution in [-0.2, 0) is 6.61 Å². The predicted octanol–water partition coefficient (Wildman–Crippen LogP) is 2.60. The minimum Gasteiger partial charge on any atom is -0.443 e. The van der Waals surface area contributed by atoms with Gasteiger partial charge in [-0.05, 0) is 6.07 Å². The summed E-state index contributed by atoms with van der Waals surface area (Å²) in [5.41, 5.74) is 1.45. The van der Waals surface area contributed by atoms with Gasteiger partial charge in [-0.15, -0.1) is 0 Å². The standard InChI is InChI=1S/C10H8BrNO2/c11-8-4-2-1-3-7(8)10-9(5-13)12-6-14-10/h1-4,6,13H,5H2. The molecule has 1 aromatic heterocycles. The van der Waals surface area contributed by atoms with Crippen molar-refractivity contribution in [2.45, 2.75) is 6.61 Å². The topological polar surface area (TPSA) is 46.3 Å². The molecule has 2 rings (SSSR count). The average Bonchev–Trinajstić information content (AvgIpc) is 2.66. The van der Waals surface area contributed by atoms with Crippen LogP contribution in [0.3, 0.4) is 0 Å². The fourth-order valence-corrected chi connectivity index (χ4v) is 1.71. The summed E-state index contributed by atoms with van der Waals surface area (Å²) in [5, 5.41) is 9.02. The molecule has 0 aliphatic heterocycles. The Morgan fingerprint density at radius 2 is 2.14 bits per heavy atom. The monoisotopic (exact) mass is 253 g/mol. The second-order valence-corrected chi connectivity index (χ2v) is 3.62. The zero-order chi connectivity index (χ0) is 9.97. The predicted molar refractivity (Wildman–Crippen MR) is 55.6 cm³/mol. The first-order valence-corrected chi connectivity index (χ1v) is 4.90. The van der Waals surface area contributed by atoms with Gasteiger partial charge in [-0.2, -0.15) is 0 Å². The largest absolute Gasteiger partial charge is 0.443 e. The van der Waals surface area contributed by atoms with Gasteiger partial charge < -0.3 is 9.52 Å². The number of oxazole rings is 1. The number of aliphatic hydroxyl groups excluding tert-OH is 1. The van der Waals surface area contributed by atoms with E-state index in [4.69, 9.17) is 9.52 Å². The van der Waals surface area contributed by atoms with Gasteiger partial charge >= 0.3 is 0 Å². The van der Waals surface area contributed by atoms with Crippen LogP contribution < -0.4 is 0 Å². The maximum Gasteiger partial charge on any atom is 0.181 e.